The van der Waals surface area contributed by atoms with Gasteiger partial charge < -0.3 is 10.6 Å². The second kappa shape index (κ2) is 4.65. The summed E-state index contributed by atoms with van der Waals surface area (Å²) in [6.45, 7) is 3.80. The molecule has 1 fully saturated rings. The van der Waals surface area contributed by atoms with Crippen molar-refractivity contribution in [1.82, 2.24) is 20.4 Å². The van der Waals surface area contributed by atoms with Crippen molar-refractivity contribution in [2.24, 2.45) is 7.05 Å². The van der Waals surface area contributed by atoms with E-state index < -0.39 is 0 Å². The lowest BCUT2D eigenvalue weighted by Crippen LogP contribution is -2.46. The summed E-state index contributed by atoms with van der Waals surface area (Å²) in [4.78, 5) is 11.9. The zero-order valence-corrected chi connectivity index (χ0v) is 9.79. The monoisotopic (exact) mass is 222 g/mol. The molecule has 0 bridgehead atoms. The van der Waals surface area contributed by atoms with E-state index in [-0.39, 0.29) is 11.9 Å². The van der Waals surface area contributed by atoms with E-state index in [1.54, 1.807) is 11.7 Å². The third-order valence-electron chi connectivity index (χ3n) is 2.87. The van der Waals surface area contributed by atoms with Gasteiger partial charge in [0.25, 0.3) is 5.91 Å². The lowest BCUT2D eigenvalue weighted by Gasteiger charge is -2.23. The van der Waals surface area contributed by atoms with E-state index in [0.717, 1.165) is 31.6 Å². The van der Waals surface area contributed by atoms with Crippen LogP contribution in [0, 0.1) is 6.92 Å². The molecule has 1 atom stereocenters. The van der Waals surface area contributed by atoms with Crippen LogP contribution in [0.3, 0.4) is 0 Å². The second-order valence-corrected chi connectivity index (χ2v) is 4.31. The summed E-state index contributed by atoms with van der Waals surface area (Å²) < 4.78 is 1.63. The van der Waals surface area contributed by atoms with Crippen molar-refractivity contribution in [3.63, 3.8) is 0 Å². The molecule has 1 aliphatic heterocycles. The molecular weight excluding hydrogens is 204 g/mol. The predicted octanol–water partition coefficient (Wildman–Crippen LogP) is 0.210. The highest BCUT2D eigenvalue weighted by atomic mass is 16.2. The number of piperidine rings is 1. The van der Waals surface area contributed by atoms with Gasteiger partial charge in [-0.2, -0.15) is 5.10 Å². The third-order valence-corrected chi connectivity index (χ3v) is 2.87. The summed E-state index contributed by atoms with van der Waals surface area (Å²) >= 11 is 0. The zero-order chi connectivity index (χ0) is 11.5. The standard InChI is InChI=1S/C11H18N4O/c1-8-6-10(15(2)14-8)11(16)13-9-4-3-5-12-7-9/h6,9,12H,3-5,7H2,1-2H3,(H,13,16)/t9-/m0/s1. The van der Waals surface area contributed by atoms with Crippen molar-refractivity contribution in [3.8, 4) is 0 Å². The van der Waals surface area contributed by atoms with Gasteiger partial charge in [-0.25, -0.2) is 0 Å². The van der Waals surface area contributed by atoms with E-state index >= 15 is 0 Å². The van der Waals surface area contributed by atoms with Crippen molar-refractivity contribution < 1.29 is 4.79 Å². The molecule has 2 N–H and O–H groups in total. The van der Waals surface area contributed by atoms with Crippen LogP contribution in [-0.4, -0.2) is 34.8 Å². The average molecular weight is 222 g/mol. The normalized spacial score (nSPS) is 20.8. The minimum absolute atomic E-state index is 0.0307. The zero-order valence-electron chi connectivity index (χ0n) is 9.79. The number of amides is 1. The van der Waals surface area contributed by atoms with Crippen molar-refractivity contribution >= 4 is 5.91 Å². The first kappa shape index (κ1) is 11.1. The van der Waals surface area contributed by atoms with Crippen LogP contribution in [0.1, 0.15) is 29.0 Å². The first-order valence-electron chi connectivity index (χ1n) is 5.69. The SMILES string of the molecule is Cc1cc(C(=O)N[C@H]2CCCNC2)n(C)n1. The minimum atomic E-state index is -0.0307. The van der Waals surface area contributed by atoms with E-state index in [0.29, 0.717) is 5.69 Å². The van der Waals surface area contributed by atoms with Crippen LogP contribution in [0.15, 0.2) is 6.07 Å². The maximum atomic E-state index is 11.9. The fourth-order valence-electron chi connectivity index (χ4n) is 2.06. The molecule has 1 amide bonds. The highest BCUT2D eigenvalue weighted by Crippen LogP contribution is 2.05. The van der Waals surface area contributed by atoms with Gasteiger partial charge >= 0.3 is 0 Å². The molecule has 0 aromatic carbocycles. The molecule has 0 unspecified atom stereocenters. The highest BCUT2D eigenvalue weighted by molar-refractivity contribution is 5.92. The molecule has 5 nitrogen and oxygen atoms in total. The fourth-order valence-corrected chi connectivity index (χ4v) is 2.06. The molecule has 1 aromatic rings. The maximum absolute atomic E-state index is 11.9. The van der Waals surface area contributed by atoms with Crippen LogP contribution >= 0.6 is 0 Å². The van der Waals surface area contributed by atoms with Gasteiger partial charge in [0, 0.05) is 19.6 Å². The van der Waals surface area contributed by atoms with Crippen LogP contribution < -0.4 is 10.6 Å². The third kappa shape index (κ3) is 2.41. The molecule has 1 aromatic heterocycles. The number of carbonyl (C=O) groups is 1. The Morgan fingerprint density at radius 3 is 3.06 bits per heavy atom. The van der Waals surface area contributed by atoms with Crippen LogP contribution in [0.25, 0.3) is 0 Å². The summed E-state index contributed by atoms with van der Waals surface area (Å²) in [7, 11) is 1.79. The Balaban J connectivity index is 1.99. The summed E-state index contributed by atoms with van der Waals surface area (Å²) in [6, 6.07) is 2.06. The molecule has 0 aliphatic carbocycles. The highest BCUT2D eigenvalue weighted by Gasteiger charge is 2.18. The van der Waals surface area contributed by atoms with Gasteiger partial charge in [0.2, 0.25) is 0 Å². The molecule has 0 saturated carbocycles. The van der Waals surface area contributed by atoms with E-state index in [4.69, 9.17) is 0 Å². The van der Waals surface area contributed by atoms with Crippen molar-refractivity contribution in [1.29, 1.82) is 0 Å². The molecule has 1 aliphatic rings. The predicted molar refractivity (Wildman–Crippen MR) is 61.3 cm³/mol. The van der Waals surface area contributed by atoms with Crippen LogP contribution in [0.4, 0.5) is 0 Å². The Morgan fingerprint density at radius 2 is 2.50 bits per heavy atom. The van der Waals surface area contributed by atoms with Gasteiger partial charge in [0.1, 0.15) is 5.69 Å². The smallest absolute Gasteiger partial charge is 0.269 e. The second-order valence-electron chi connectivity index (χ2n) is 4.31. The summed E-state index contributed by atoms with van der Waals surface area (Å²) in [5.74, 6) is -0.0307. The van der Waals surface area contributed by atoms with Crippen LogP contribution in [0.2, 0.25) is 0 Å². The molecule has 1 saturated heterocycles. The topological polar surface area (TPSA) is 59.0 Å². The lowest BCUT2D eigenvalue weighted by molar-refractivity contribution is 0.0921. The first-order chi connectivity index (χ1) is 7.66. The van der Waals surface area contributed by atoms with Gasteiger partial charge in [-0.15, -0.1) is 0 Å². The van der Waals surface area contributed by atoms with Gasteiger partial charge in [-0.1, -0.05) is 0 Å². The van der Waals surface area contributed by atoms with Crippen molar-refractivity contribution in [2.75, 3.05) is 13.1 Å². The van der Waals surface area contributed by atoms with Crippen LogP contribution in [-0.2, 0) is 7.05 Å². The molecule has 2 heterocycles. The number of nitrogens with one attached hydrogen (secondary N) is 2. The number of carbonyl (C=O) groups excluding carboxylic acids is 1. The number of aryl methyl sites for hydroxylation is 2. The maximum Gasteiger partial charge on any atom is 0.269 e. The Hall–Kier alpha value is -1.36. The molecule has 2 rings (SSSR count). The molecule has 0 spiro atoms. The van der Waals surface area contributed by atoms with Crippen molar-refractivity contribution in [2.45, 2.75) is 25.8 Å². The molecule has 88 valence electrons. The summed E-state index contributed by atoms with van der Waals surface area (Å²) in [6.07, 6.45) is 2.17. The van der Waals surface area contributed by atoms with E-state index in [1.807, 2.05) is 13.0 Å². The Labute approximate surface area is 95.2 Å². The molecular formula is C11H18N4O. The summed E-state index contributed by atoms with van der Waals surface area (Å²) in [5.41, 5.74) is 1.50. The van der Waals surface area contributed by atoms with E-state index in [2.05, 4.69) is 15.7 Å². The number of nitrogens with zero attached hydrogens (tertiary/aromatic N) is 2. The number of hydrogen-bond donors (Lipinski definition) is 2. The quantitative estimate of drug-likeness (QED) is 0.752. The van der Waals surface area contributed by atoms with Gasteiger partial charge in [-0.05, 0) is 32.4 Å². The van der Waals surface area contributed by atoms with Gasteiger partial charge in [-0.3, -0.25) is 9.48 Å². The fraction of sp³-hybridized carbons (Fsp3) is 0.636. The number of hydrogen-bond acceptors (Lipinski definition) is 3. The Kier molecular flexibility index (Phi) is 3.24. The largest absolute Gasteiger partial charge is 0.347 e. The minimum Gasteiger partial charge on any atom is -0.347 e. The number of aromatic nitrogens is 2. The van der Waals surface area contributed by atoms with Crippen molar-refractivity contribution in [3.05, 3.63) is 17.5 Å². The first-order valence-corrected chi connectivity index (χ1v) is 5.69. The average Bonchev–Trinajstić information content (AvgIpc) is 2.59. The lowest BCUT2D eigenvalue weighted by atomic mass is 10.1. The van der Waals surface area contributed by atoms with Gasteiger partial charge in [0.05, 0.1) is 5.69 Å². The summed E-state index contributed by atoms with van der Waals surface area (Å²) in [5, 5.41) is 10.5. The van der Waals surface area contributed by atoms with E-state index in [9.17, 15) is 4.79 Å². The van der Waals surface area contributed by atoms with E-state index in [1.165, 1.54) is 0 Å². The molecule has 0 radical (unpaired) electrons. The van der Waals surface area contributed by atoms with Crippen LogP contribution in [0.5, 0.6) is 0 Å². The molecule has 5 heteroatoms. The Morgan fingerprint density at radius 1 is 1.69 bits per heavy atom. The number of rotatable bonds is 2. The van der Waals surface area contributed by atoms with Gasteiger partial charge in [0.15, 0.2) is 0 Å². The Bertz CT molecular complexity index is 379. The molecule has 16 heavy (non-hydrogen) atoms.